The van der Waals surface area contributed by atoms with Crippen LogP contribution in [0.2, 0.25) is 0 Å². The largest absolute Gasteiger partial charge is 0.358 e. The van der Waals surface area contributed by atoms with Crippen molar-refractivity contribution in [3.05, 3.63) is 0 Å². The van der Waals surface area contributed by atoms with Crippen LogP contribution < -0.4 is 10.6 Å². The molecule has 1 aliphatic rings. The Hall–Kier alpha value is -0.610. The minimum Gasteiger partial charge on any atom is -0.358 e. The quantitative estimate of drug-likeness (QED) is 0.738. The Labute approximate surface area is 98.8 Å². The van der Waals surface area contributed by atoms with Crippen LogP contribution in [-0.4, -0.2) is 49.1 Å². The van der Waals surface area contributed by atoms with Gasteiger partial charge in [-0.2, -0.15) is 0 Å². The number of likely N-dealkylation sites (N-methyl/N-ethyl adjacent to an activating group) is 1. The average Bonchev–Trinajstić information content (AvgIpc) is 2.63. The maximum atomic E-state index is 11.6. The minimum absolute atomic E-state index is 0.0896. The second kappa shape index (κ2) is 5.64. The van der Waals surface area contributed by atoms with Gasteiger partial charge in [0.15, 0.2) is 0 Å². The number of hydrogen-bond donors (Lipinski definition) is 2. The molecule has 4 heteroatoms. The number of rotatable bonds is 4. The standard InChI is InChI=1S/C12H25N3O/c1-12(2,3)14-7-9-15-8-5-6-10(15)11(16)13-4/h10,14H,5-9H2,1-4H3,(H,13,16). The summed E-state index contributed by atoms with van der Waals surface area (Å²) in [5, 5.41) is 6.20. The second-order valence-corrected chi connectivity index (χ2v) is 5.49. The van der Waals surface area contributed by atoms with Gasteiger partial charge in [-0.3, -0.25) is 9.69 Å². The van der Waals surface area contributed by atoms with Gasteiger partial charge in [0.25, 0.3) is 0 Å². The molecule has 1 unspecified atom stereocenters. The van der Waals surface area contributed by atoms with Crippen LogP contribution >= 0.6 is 0 Å². The van der Waals surface area contributed by atoms with Crippen molar-refractivity contribution < 1.29 is 4.79 Å². The molecule has 0 aliphatic carbocycles. The molecule has 2 N–H and O–H groups in total. The van der Waals surface area contributed by atoms with Crippen LogP contribution in [0.3, 0.4) is 0 Å². The highest BCUT2D eigenvalue weighted by atomic mass is 16.2. The summed E-state index contributed by atoms with van der Waals surface area (Å²) in [4.78, 5) is 13.9. The number of carbonyl (C=O) groups excluding carboxylic acids is 1. The number of amides is 1. The van der Waals surface area contributed by atoms with Crippen LogP contribution in [0.5, 0.6) is 0 Å². The summed E-state index contributed by atoms with van der Waals surface area (Å²) in [5.74, 6) is 0.160. The van der Waals surface area contributed by atoms with Crippen molar-refractivity contribution in [1.82, 2.24) is 15.5 Å². The molecule has 1 heterocycles. The Morgan fingerprint density at radius 2 is 2.12 bits per heavy atom. The Kier molecular flexibility index (Phi) is 4.74. The van der Waals surface area contributed by atoms with Crippen molar-refractivity contribution in [3.63, 3.8) is 0 Å². The van der Waals surface area contributed by atoms with E-state index in [1.54, 1.807) is 7.05 Å². The predicted molar refractivity (Wildman–Crippen MR) is 66.4 cm³/mol. The number of hydrogen-bond acceptors (Lipinski definition) is 3. The first kappa shape index (κ1) is 13.5. The summed E-state index contributed by atoms with van der Waals surface area (Å²) in [5.41, 5.74) is 0.155. The van der Waals surface area contributed by atoms with Crippen LogP contribution in [0.15, 0.2) is 0 Å². The van der Waals surface area contributed by atoms with E-state index in [4.69, 9.17) is 0 Å². The van der Waals surface area contributed by atoms with Crippen LogP contribution in [0.25, 0.3) is 0 Å². The van der Waals surface area contributed by atoms with Gasteiger partial charge in [-0.05, 0) is 40.2 Å². The van der Waals surface area contributed by atoms with Crippen molar-refractivity contribution in [2.45, 2.75) is 45.2 Å². The summed E-state index contributed by atoms with van der Waals surface area (Å²) in [6.45, 7) is 9.42. The fourth-order valence-electron chi connectivity index (χ4n) is 2.13. The van der Waals surface area contributed by atoms with Crippen molar-refractivity contribution in [1.29, 1.82) is 0 Å². The lowest BCUT2D eigenvalue weighted by molar-refractivity contribution is -0.124. The molecule has 1 saturated heterocycles. The van der Waals surface area contributed by atoms with E-state index in [0.717, 1.165) is 32.5 Å². The molecule has 0 saturated carbocycles. The summed E-state index contributed by atoms with van der Waals surface area (Å²) in [7, 11) is 1.71. The highest BCUT2D eigenvalue weighted by Gasteiger charge is 2.29. The maximum absolute atomic E-state index is 11.6. The molecule has 0 aromatic rings. The third-order valence-corrected chi connectivity index (χ3v) is 2.97. The van der Waals surface area contributed by atoms with Crippen molar-refractivity contribution >= 4 is 5.91 Å². The van der Waals surface area contributed by atoms with Crippen LogP contribution in [0.1, 0.15) is 33.6 Å². The predicted octanol–water partition coefficient (Wildman–Crippen LogP) is 0.585. The van der Waals surface area contributed by atoms with E-state index < -0.39 is 0 Å². The molecular weight excluding hydrogens is 202 g/mol. The fourth-order valence-corrected chi connectivity index (χ4v) is 2.13. The van der Waals surface area contributed by atoms with Gasteiger partial charge in [-0.25, -0.2) is 0 Å². The molecule has 94 valence electrons. The number of carbonyl (C=O) groups is 1. The van der Waals surface area contributed by atoms with E-state index >= 15 is 0 Å². The smallest absolute Gasteiger partial charge is 0.237 e. The third kappa shape index (κ3) is 4.10. The van der Waals surface area contributed by atoms with Crippen LogP contribution in [0, 0.1) is 0 Å². The minimum atomic E-state index is 0.0896. The highest BCUT2D eigenvalue weighted by molar-refractivity contribution is 5.81. The molecule has 0 spiro atoms. The zero-order valence-electron chi connectivity index (χ0n) is 11.0. The topological polar surface area (TPSA) is 44.4 Å². The SMILES string of the molecule is CNC(=O)C1CCCN1CCNC(C)(C)C. The van der Waals surface area contributed by atoms with E-state index in [-0.39, 0.29) is 17.5 Å². The first-order chi connectivity index (χ1) is 7.44. The van der Waals surface area contributed by atoms with Crippen molar-refractivity contribution in [2.24, 2.45) is 0 Å². The molecule has 1 aliphatic heterocycles. The summed E-state index contributed by atoms with van der Waals surface area (Å²) in [6, 6.07) is 0.0896. The highest BCUT2D eigenvalue weighted by Crippen LogP contribution is 2.16. The third-order valence-electron chi connectivity index (χ3n) is 2.97. The van der Waals surface area contributed by atoms with Gasteiger partial charge >= 0.3 is 0 Å². The molecule has 1 amide bonds. The molecule has 1 atom stereocenters. The molecule has 0 aromatic carbocycles. The van der Waals surface area contributed by atoms with Gasteiger partial charge < -0.3 is 10.6 Å². The van der Waals surface area contributed by atoms with Gasteiger partial charge in [0.05, 0.1) is 6.04 Å². The number of likely N-dealkylation sites (tertiary alicyclic amines) is 1. The van der Waals surface area contributed by atoms with Gasteiger partial charge in [-0.1, -0.05) is 0 Å². The molecule has 0 bridgehead atoms. The van der Waals surface area contributed by atoms with Crippen molar-refractivity contribution in [2.75, 3.05) is 26.7 Å². The zero-order valence-corrected chi connectivity index (χ0v) is 11.0. The zero-order chi connectivity index (χ0) is 12.2. The van der Waals surface area contributed by atoms with E-state index in [9.17, 15) is 4.79 Å². The normalized spacial score (nSPS) is 22.4. The summed E-state index contributed by atoms with van der Waals surface area (Å²) >= 11 is 0. The van der Waals surface area contributed by atoms with Crippen LogP contribution in [0.4, 0.5) is 0 Å². The first-order valence-corrected chi connectivity index (χ1v) is 6.15. The Morgan fingerprint density at radius 1 is 1.44 bits per heavy atom. The first-order valence-electron chi connectivity index (χ1n) is 6.15. The van der Waals surface area contributed by atoms with Gasteiger partial charge in [-0.15, -0.1) is 0 Å². The maximum Gasteiger partial charge on any atom is 0.237 e. The fraction of sp³-hybridized carbons (Fsp3) is 0.917. The van der Waals surface area contributed by atoms with E-state index in [2.05, 4.69) is 36.3 Å². The van der Waals surface area contributed by atoms with Gasteiger partial charge in [0.1, 0.15) is 0 Å². The molecule has 0 aromatic heterocycles. The van der Waals surface area contributed by atoms with Crippen LogP contribution in [-0.2, 0) is 4.79 Å². The van der Waals surface area contributed by atoms with E-state index in [1.165, 1.54) is 0 Å². The molecule has 1 rings (SSSR count). The average molecular weight is 227 g/mol. The molecule has 4 nitrogen and oxygen atoms in total. The monoisotopic (exact) mass is 227 g/mol. The van der Waals surface area contributed by atoms with E-state index in [0.29, 0.717) is 0 Å². The van der Waals surface area contributed by atoms with E-state index in [1.807, 2.05) is 0 Å². The summed E-state index contributed by atoms with van der Waals surface area (Å²) in [6.07, 6.45) is 2.13. The lowest BCUT2D eigenvalue weighted by atomic mass is 10.1. The van der Waals surface area contributed by atoms with Gasteiger partial charge in [0.2, 0.25) is 5.91 Å². The lowest BCUT2D eigenvalue weighted by Crippen LogP contribution is -2.46. The molecule has 0 radical (unpaired) electrons. The molecule has 1 fully saturated rings. The van der Waals surface area contributed by atoms with Gasteiger partial charge in [0, 0.05) is 25.7 Å². The Morgan fingerprint density at radius 3 is 2.69 bits per heavy atom. The van der Waals surface area contributed by atoms with Crippen molar-refractivity contribution in [3.8, 4) is 0 Å². The lowest BCUT2D eigenvalue weighted by Gasteiger charge is -2.26. The number of nitrogens with zero attached hydrogens (tertiary/aromatic N) is 1. The summed E-state index contributed by atoms with van der Waals surface area (Å²) < 4.78 is 0. The Bertz CT molecular complexity index is 235. The molecule has 16 heavy (non-hydrogen) atoms. The number of nitrogens with one attached hydrogen (secondary N) is 2. The molecular formula is C12H25N3O. The Balaban J connectivity index is 2.33. The second-order valence-electron chi connectivity index (χ2n) is 5.49.